The van der Waals surface area contributed by atoms with Gasteiger partial charge in [0.05, 0.1) is 5.25 Å². The number of aromatic nitrogens is 2. The largest absolute Gasteiger partial charge is 0.384 e. The smallest absolute Gasteiger partial charge is 0.233 e. The number of thioether (sulfide) groups is 1. The standard InChI is InChI=1S/C18H26N4OS/c1-10-3-15(19)21-17(20-10)24-11(2)16(23)22-18-7-12-4-13(8-18)6-14(5-12)9-18/h3,11-14H,4-9H2,1-2H3,(H,22,23)(H2,19,20,21)/t11-,12?,13?,14?,18?/m0/s1. The van der Waals surface area contributed by atoms with Gasteiger partial charge in [-0.15, -0.1) is 0 Å². The fourth-order valence-corrected chi connectivity index (χ4v) is 6.29. The summed E-state index contributed by atoms with van der Waals surface area (Å²) in [4.78, 5) is 21.4. The van der Waals surface area contributed by atoms with Gasteiger partial charge in [0.15, 0.2) is 5.16 Å². The Kier molecular flexibility index (Phi) is 3.98. The van der Waals surface area contributed by atoms with Gasteiger partial charge >= 0.3 is 0 Å². The zero-order valence-corrected chi connectivity index (χ0v) is 15.2. The summed E-state index contributed by atoms with van der Waals surface area (Å²) in [6.45, 7) is 3.82. The second-order valence-corrected chi connectivity index (χ2v) is 9.47. The molecule has 1 atom stereocenters. The Balaban J connectivity index is 1.42. The second kappa shape index (κ2) is 5.90. The Labute approximate surface area is 147 Å². The van der Waals surface area contributed by atoms with Crippen molar-refractivity contribution in [3.63, 3.8) is 0 Å². The van der Waals surface area contributed by atoms with E-state index in [2.05, 4.69) is 15.3 Å². The summed E-state index contributed by atoms with van der Waals surface area (Å²) in [6.07, 6.45) is 7.68. The topological polar surface area (TPSA) is 80.9 Å². The minimum absolute atomic E-state index is 0.0626. The van der Waals surface area contributed by atoms with Crippen molar-refractivity contribution >= 4 is 23.5 Å². The highest BCUT2D eigenvalue weighted by Crippen LogP contribution is 2.55. The lowest BCUT2D eigenvalue weighted by atomic mass is 9.53. The summed E-state index contributed by atoms with van der Waals surface area (Å²) >= 11 is 1.39. The molecule has 1 heterocycles. The summed E-state index contributed by atoms with van der Waals surface area (Å²) in [5.41, 5.74) is 6.68. The lowest BCUT2D eigenvalue weighted by molar-refractivity contribution is -0.126. The van der Waals surface area contributed by atoms with E-state index in [1.165, 1.54) is 50.3 Å². The number of hydrogen-bond acceptors (Lipinski definition) is 5. The van der Waals surface area contributed by atoms with Gasteiger partial charge < -0.3 is 11.1 Å². The molecule has 4 bridgehead atoms. The van der Waals surface area contributed by atoms with Gasteiger partial charge in [-0.1, -0.05) is 11.8 Å². The third-order valence-electron chi connectivity index (χ3n) is 5.93. The van der Waals surface area contributed by atoms with Crippen molar-refractivity contribution in [2.75, 3.05) is 5.73 Å². The molecule has 4 fully saturated rings. The number of amides is 1. The highest BCUT2D eigenvalue weighted by atomic mass is 32.2. The van der Waals surface area contributed by atoms with Crippen LogP contribution in [0, 0.1) is 24.7 Å². The number of nitrogens with one attached hydrogen (secondary N) is 1. The van der Waals surface area contributed by atoms with Gasteiger partial charge in [-0.2, -0.15) is 0 Å². The molecular weight excluding hydrogens is 320 g/mol. The van der Waals surface area contributed by atoms with Crippen molar-refractivity contribution in [3.8, 4) is 0 Å². The van der Waals surface area contributed by atoms with Crippen LogP contribution in [0.15, 0.2) is 11.2 Å². The average Bonchev–Trinajstić information content (AvgIpc) is 2.43. The normalized spacial score (nSPS) is 35.0. The van der Waals surface area contributed by atoms with E-state index in [-0.39, 0.29) is 16.7 Å². The molecule has 4 saturated carbocycles. The van der Waals surface area contributed by atoms with Crippen molar-refractivity contribution in [1.82, 2.24) is 15.3 Å². The van der Waals surface area contributed by atoms with Gasteiger partial charge in [0, 0.05) is 17.3 Å². The molecule has 4 aliphatic rings. The zero-order valence-electron chi connectivity index (χ0n) is 14.4. The summed E-state index contributed by atoms with van der Waals surface area (Å²) < 4.78 is 0. The van der Waals surface area contributed by atoms with Gasteiger partial charge in [0.25, 0.3) is 0 Å². The molecule has 6 heteroatoms. The van der Waals surface area contributed by atoms with Crippen LogP contribution >= 0.6 is 11.8 Å². The second-order valence-electron chi connectivity index (χ2n) is 8.16. The first-order valence-electron chi connectivity index (χ1n) is 9.01. The molecule has 5 rings (SSSR count). The molecule has 4 aliphatic carbocycles. The SMILES string of the molecule is Cc1cc(N)nc(S[C@@H](C)C(=O)NC23CC4CC(CC(C4)C2)C3)n1. The van der Waals surface area contributed by atoms with Crippen molar-refractivity contribution in [2.24, 2.45) is 17.8 Å². The number of nitrogens with two attached hydrogens (primary N) is 1. The Bertz CT molecular complexity index is 607. The molecule has 5 nitrogen and oxygen atoms in total. The van der Waals surface area contributed by atoms with Crippen LogP contribution in [0.3, 0.4) is 0 Å². The molecule has 0 saturated heterocycles. The number of nitrogens with zero attached hydrogens (tertiary/aromatic N) is 2. The third kappa shape index (κ3) is 3.13. The van der Waals surface area contributed by atoms with Crippen molar-refractivity contribution in [2.45, 2.75) is 68.3 Å². The lowest BCUT2D eigenvalue weighted by Gasteiger charge is -2.57. The fourth-order valence-electron chi connectivity index (χ4n) is 5.46. The Morgan fingerprint density at radius 1 is 1.25 bits per heavy atom. The molecule has 1 aromatic rings. The summed E-state index contributed by atoms with van der Waals surface area (Å²) in [5, 5.41) is 3.80. The van der Waals surface area contributed by atoms with Gasteiger partial charge in [-0.3, -0.25) is 4.79 Å². The minimum Gasteiger partial charge on any atom is -0.384 e. The lowest BCUT2D eigenvalue weighted by Crippen LogP contribution is -2.60. The molecule has 0 spiro atoms. The highest BCUT2D eigenvalue weighted by molar-refractivity contribution is 8.00. The average molecular weight is 347 g/mol. The van der Waals surface area contributed by atoms with Gasteiger partial charge in [-0.25, -0.2) is 9.97 Å². The predicted octanol–water partition coefficient (Wildman–Crippen LogP) is 2.93. The van der Waals surface area contributed by atoms with Crippen molar-refractivity contribution in [3.05, 3.63) is 11.8 Å². The van der Waals surface area contributed by atoms with E-state index in [4.69, 9.17) is 5.73 Å². The van der Waals surface area contributed by atoms with E-state index >= 15 is 0 Å². The summed E-state index contributed by atoms with van der Waals surface area (Å²) in [7, 11) is 0. The number of nitrogen functional groups attached to an aromatic ring is 1. The molecule has 1 amide bonds. The van der Waals surface area contributed by atoms with E-state index in [1.54, 1.807) is 6.07 Å². The number of anilines is 1. The molecule has 0 radical (unpaired) electrons. The van der Waals surface area contributed by atoms with Gasteiger partial charge in [0.1, 0.15) is 5.82 Å². The van der Waals surface area contributed by atoms with E-state index in [1.807, 2.05) is 13.8 Å². The maximum atomic E-state index is 12.8. The van der Waals surface area contributed by atoms with E-state index in [0.29, 0.717) is 11.0 Å². The molecule has 0 aliphatic heterocycles. The number of rotatable bonds is 4. The Hall–Kier alpha value is -1.30. The molecule has 0 aromatic carbocycles. The quantitative estimate of drug-likeness (QED) is 0.647. The van der Waals surface area contributed by atoms with Crippen molar-refractivity contribution < 1.29 is 4.79 Å². The van der Waals surface area contributed by atoms with E-state index in [9.17, 15) is 4.79 Å². The summed E-state index contributed by atoms with van der Waals surface area (Å²) in [5.74, 6) is 3.07. The molecule has 0 unspecified atom stereocenters. The van der Waals surface area contributed by atoms with Crippen LogP contribution in [-0.2, 0) is 4.79 Å². The monoisotopic (exact) mass is 346 g/mol. The maximum Gasteiger partial charge on any atom is 0.233 e. The Morgan fingerprint density at radius 3 is 2.38 bits per heavy atom. The first-order chi connectivity index (χ1) is 11.4. The first kappa shape index (κ1) is 16.2. The predicted molar refractivity (Wildman–Crippen MR) is 95.5 cm³/mol. The maximum absolute atomic E-state index is 12.8. The fraction of sp³-hybridized carbons (Fsp3) is 0.722. The molecule has 24 heavy (non-hydrogen) atoms. The number of carbonyl (C=O) groups excluding carboxylic acids is 1. The number of carbonyl (C=O) groups is 1. The number of aryl methyl sites for hydroxylation is 1. The van der Waals surface area contributed by atoms with E-state index < -0.39 is 0 Å². The minimum atomic E-state index is -0.209. The van der Waals surface area contributed by atoms with Crippen LogP contribution in [-0.4, -0.2) is 26.7 Å². The summed E-state index contributed by atoms with van der Waals surface area (Å²) in [6, 6.07) is 1.74. The van der Waals surface area contributed by atoms with Crippen LogP contribution in [0.5, 0.6) is 0 Å². The molecule has 3 N–H and O–H groups in total. The van der Waals surface area contributed by atoms with Gasteiger partial charge in [-0.05, 0) is 70.1 Å². The molecule has 1 aromatic heterocycles. The van der Waals surface area contributed by atoms with E-state index in [0.717, 1.165) is 23.4 Å². The van der Waals surface area contributed by atoms with Crippen LogP contribution in [0.25, 0.3) is 0 Å². The highest BCUT2D eigenvalue weighted by Gasteiger charge is 2.51. The van der Waals surface area contributed by atoms with Crippen LogP contribution in [0.2, 0.25) is 0 Å². The number of hydrogen-bond donors (Lipinski definition) is 2. The van der Waals surface area contributed by atoms with Gasteiger partial charge in [0.2, 0.25) is 5.91 Å². The zero-order chi connectivity index (χ0) is 16.9. The van der Waals surface area contributed by atoms with Crippen LogP contribution < -0.4 is 11.1 Å². The molecular formula is C18H26N4OS. The van der Waals surface area contributed by atoms with Crippen LogP contribution in [0.4, 0.5) is 5.82 Å². The van der Waals surface area contributed by atoms with Crippen LogP contribution in [0.1, 0.15) is 51.1 Å². The van der Waals surface area contributed by atoms with Crippen molar-refractivity contribution in [1.29, 1.82) is 0 Å². The first-order valence-corrected chi connectivity index (χ1v) is 9.88. The Morgan fingerprint density at radius 2 is 1.83 bits per heavy atom. The molecule has 130 valence electrons. The third-order valence-corrected chi connectivity index (χ3v) is 6.89.